The quantitative estimate of drug-likeness (QED) is 0.833. The van der Waals surface area contributed by atoms with Gasteiger partial charge in [0.2, 0.25) is 0 Å². The van der Waals surface area contributed by atoms with Gasteiger partial charge in [0.1, 0.15) is 7.85 Å². The van der Waals surface area contributed by atoms with Crippen molar-refractivity contribution < 1.29 is 19.0 Å². The highest BCUT2D eigenvalue weighted by atomic mass is 35.5. The van der Waals surface area contributed by atoms with Crippen LogP contribution in [0, 0.1) is 0 Å². The van der Waals surface area contributed by atoms with Crippen molar-refractivity contribution in [2.45, 2.75) is 64.1 Å². The van der Waals surface area contributed by atoms with Gasteiger partial charge in [-0.2, -0.15) is 0 Å². The monoisotopic (exact) mass is 330 g/mol. The van der Waals surface area contributed by atoms with Crippen molar-refractivity contribution >= 4 is 24.9 Å². The van der Waals surface area contributed by atoms with Gasteiger partial charge in [0.15, 0.2) is 0 Å². The third-order valence-corrected chi connectivity index (χ3v) is 4.23. The first-order chi connectivity index (χ1) is 9.84. The van der Waals surface area contributed by atoms with Crippen molar-refractivity contribution in [3.63, 3.8) is 0 Å². The van der Waals surface area contributed by atoms with Gasteiger partial charge in [0.05, 0.1) is 11.2 Å². The van der Waals surface area contributed by atoms with Crippen LogP contribution in [0.1, 0.15) is 64.0 Å². The first-order valence-corrected chi connectivity index (χ1v) is 7.54. The fraction of sp³-hybridized carbons (Fsp3) is 0.625. The Morgan fingerprint density at radius 3 is 1.86 bits per heavy atom. The molecule has 22 heavy (non-hydrogen) atoms. The minimum absolute atomic E-state index is 0.100. The topological polar surface area (TPSA) is 40.5 Å². The van der Waals surface area contributed by atoms with E-state index in [0.29, 0.717) is 16.4 Å². The summed E-state index contributed by atoms with van der Waals surface area (Å²) in [6.07, 6.45) is -0.404. The normalized spacial score (nSPS) is 15.5. The van der Waals surface area contributed by atoms with Crippen LogP contribution in [0.2, 0.25) is 5.02 Å². The van der Waals surface area contributed by atoms with E-state index < -0.39 is 17.6 Å². The second kappa shape index (κ2) is 6.85. The molecule has 1 aliphatic rings. The van der Waals surface area contributed by atoms with Gasteiger partial charge >= 0.3 is 0 Å². The first-order valence-electron chi connectivity index (χ1n) is 7.16. The predicted octanol–water partition coefficient (Wildman–Crippen LogP) is 3.48. The summed E-state index contributed by atoms with van der Waals surface area (Å²) in [6, 6.07) is 2.64. The SMILES string of the molecule is CC(C)(O)C(C)(C)O.[B]c1cc(C(F)F)cc(Cl)c1C1CC1. The number of alkyl halides is 2. The summed E-state index contributed by atoms with van der Waals surface area (Å²) in [5.74, 6) is 0.384. The molecular weight excluding hydrogens is 308 g/mol. The van der Waals surface area contributed by atoms with E-state index in [0.717, 1.165) is 18.4 Å². The number of hydrogen-bond acceptors (Lipinski definition) is 2. The highest BCUT2D eigenvalue weighted by molar-refractivity contribution is 6.38. The Morgan fingerprint density at radius 1 is 1.14 bits per heavy atom. The van der Waals surface area contributed by atoms with Crippen molar-refractivity contribution in [1.29, 1.82) is 0 Å². The van der Waals surface area contributed by atoms with Gasteiger partial charge in [-0.15, -0.1) is 0 Å². The minimum atomic E-state index is -2.51. The van der Waals surface area contributed by atoms with E-state index in [1.165, 1.54) is 12.1 Å². The number of benzene rings is 1. The summed E-state index contributed by atoms with van der Waals surface area (Å²) in [5.41, 5.74) is -0.872. The Labute approximate surface area is 136 Å². The molecule has 1 aliphatic carbocycles. The van der Waals surface area contributed by atoms with Crippen LogP contribution < -0.4 is 5.46 Å². The van der Waals surface area contributed by atoms with E-state index in [9.17, 15) is 8.78 Å². The molecule has 2 rings (SSSR count). The summed E-state index contributed by atoms with van der Waals surface area (Å²) in [7, 11) is 5.68. The van der Waals surface area contributed by atoms with Crippen molar-refractivity contribution in [2.24, 2.45) is 0 Å². The molecule has 1 saturated carbocycles. The molecule has 2 nitrogen and oxygen atoms in total. The summed E-state index contributed by atoms with van der Waals surface area (Å²) >= 11 is 5.90. The molecule has 0 amide bonds. The molecular formula is C16H22BClF2O2. The predicted molar refractivity (Wildman–Crippen MR) is 86.4 cm³/mol. The van der Waals surface area contributed by atoms with Crippen molar-refractivity contribution in [3.05, 3.63) is 28.3 Å². The molecule has 0 unspecified atom stereocenters. The third-order valence-electron chi connectivity index (χ3n) is 3.92. The molecule has 1 aromatic rings. The molecule has 0 bridgehead atoms. The van der Waals surface area contributed by atoms with Crippen molar-refractivity contribution in [1.82, 2.24) is 0 Å². The van der Waals surface area contributed by atoms with Crippen molar-refractivity contribution in [2.75, 3.05) is 0 Å². The van der Waals surface area contributed by atoms with Gasteiger partial charge in [-0.25, -0.2) is 8.78 Å². The van der Waals surface area contributed by atoms with Gasteiger partial charge in [-0.1, -0.05) is 23.1 Å². The molecule has 6 heteroatoms. The molecule has 2 radical (unpaired) electrons. The van der Waals surface area contributed by atoms with Crippen LogP contribution in [-0.4, -0.2) is 29.3 Å². The highest BCUT2D eigenvalue weighted by Crippen LogP contribution is 2.42. The molecule has 0 spiro atoms. The Kier molecular flexibility index (Phi) is 6.04. The first kappa shape index (κ1) is 19.4. The Morgan fingerprint density at radius 2 is 1.59 bits per heavy atom. The number of rotatable bonds is 3. The van der Waals surface area contributed by atoms with E-state index in [1.807, 2.05) is 0 Å². The lowest BCUT2D eigenvalue weighted by atomic mass is 9.87. The third kappa shape index (κ3) is 5.22. The standard InChI is InChI=1S/C10H8BClF2.C6H14O2/c11-7-3-6(10(13)14)4-8(12)9(7)5-1-2-5;1-5(2,7)6(3,4)8/h3-5,10H,1-2H2;7-8H,1-4H3. The number of hydrogen-bond donors (Lipinski definition) is 2. The zero-order chi connectivity index (χ0) is 17.3. The average molecular weight is 331 g/mol. The van der Waals surface area contributed by atoms with Gasteiger partial charge in [-0.05, 0) is 58.1 Å². The lowest BCUT2D eigenvalue weighted by Crippen LogP contribution is -2.44. The van der Waals surface area contributed by atoms with Crippen LogP contribution in [0.25, 0.3) is 0 Å². The molecule has 1 aromatic carbocycles. The molecule has 0 aliphatic heterocycles. The van der Waals surface area contributed by atoms with Crippen LogP contribution in [0.15, 0.2) is 12.1 Å². The second-order valence-corrected chi connectivity index (χ2v) is 7.11. The largest absolute Gasteiger partial charge is 0.387 e. The molecule has 122 valence electrons. The summed E-state index contributed by atoms with van der Waals surface area (Å²) in [5, 5.41) is 18.6. The summed E-state index contributed by atoms with van der Waals surface area (Å²) < 4.78 is 24.7. The van der Waals surface area contributed by atoms with Crippen LogP contribution in [0.4, 0.5) is 8.78 Å². The maximum Gasteiger partial charge on any atom is 0.263 e. The highest BCUT2D eigenvalue weighted by Gasteiger charge is 2.32. The van der Waals surface area contributed by atoms with Gasteiger partial charge in [-0.3, -0.25) is 0 Å². The molecule has 1 fully saturated rings. The Hall–Kier alpha value is -0.645. The van der Waals surface area contributed by atoms with Crippen LogP contribution in [0.5, 0.6) is 0 Å². The average Bonchev–Trinajstić information content (AvgIpc) is 3.10. The molecule has 0 heterocycles. The van der Waals surface area contributed by atoms with Crippen LogP contribution in [-0.2, 0) is 0 Å². The van der Waals surface area contributed by atoms with E-state index in [-0.39, 0.29) is 5.56 Å². The van der Waals surface area contributed by atoms with E-state index in [4.69, 9.17) is 29.7 Å². The maximum atomic E-state index is 12.4. The number of halogens is 3. The summed E-state index contributed by atoms with van der Waals surface area (Å²) in [6.45, 7) is 6.31. The minimum Gasteiger partial charge on any atom is -0.387 e. The number of aliphatic hydroxyl groups is 2. The molecule has 0 saturated heterocycles. The smallest absolute Gasteiger partial charge is 0.263 e. The van der Waals surface area contributed by atoms with Crippen LogP contribution >= 0.6 is 11.6 Å². The Bertz CT molecular complexity index is 483. The van der Waals surface area contributed by atoms with Crippen LogP contribution in [0.3, 0.4) is 0 Å². The van der Waals surface area contributed by atoms with E-state index >= 15 is 0 Å². The maximum absolute atomic E-state index is 12.4. The lowest BCUT2D eigenvalue weighted by Gasteiger charge is -2.31. The zero-order valence-corrected chi connectivity index (χ0v) is 14.1. The molecule has 0 aromatic heterocycles. The summed E-state index contributed by atoms with van der Waals surface area (Å²) in [4.78, 5) is 0. The van der Waals surface area contributed by atoms with Crippen molar-refractivity contribution in [3.8, 4) is 0 Å². The van der Waals surface area contributed by atoms with Gasteiger partial charge in [0.25, 0.3) is 6.43 Å². The van der Waals surface area contributed by atoms with E-state index in [2.05, 4.69) is 0 Å². The fourth-order valence-electron chi connectivity index (χ4n) is 1.59. The second-order valence-electron chi connectivity index (χ2n) is 6.70. The van der Waals surface area contributed by atoms with E-state index in [1.54, 1.807) is 27.7 Å². The Balaban J connectivity index is 0.000000261. The molecule has 2 N–H and O–H groups in total. The zero-order valence-electron chi connectivity index (χ0n) is 13.3. The molecule has 0 atom stereocenters. The van der Waals surface area contributed by atoms with Gasteiger partial charge in [0, 0.05) is 10.6 Å². The van der Waals surface area contributed by atoms with Gasteiger partial charge < -0.3 is 10.2 Å². The lowest BCUT2D eigenvalue weighted by molar-refractivity contribution is -0.107. The fourth-order valence-corrected chi connectivity index (χ4v) is 1.98.